The van der Waals surface area contributed by atoms with Gasteiger partial charge in [0.2, 0.25) is 0 Å². The van der Waals surface area contributed by atoms with Gasteiger partial charge in [-0.1, -0.05) is 0 Å². The maximum atomic E-state index is 5.76. The first-order valence-electron chi connectivity index (χ1n) is 6.36. The highest BCUT2D eigenvalue weighted by Gasteiger charge is 2.37. The van der Waals surface area contributed by atoms with E-state index in [0.717, 1.165) is 30.7 Å². The lowest BCUT2D eigenvalue weighted by atomic mass is 9.93. The van der Waals surface area contributed by atoms with Crippen molar-refractivity contribution in [2.75, 3.05) is 20.3 Å². The molecule has 1 aromatic heterocycles. The standard InChI is InChI=1S/C13H21N3O2/c1-10(14)7-11-8-15-12(16-9-11)13(17-2)3-5-18-6-4-13/h8-10H,3-7,14H2,1-2H3. The monoisotopic (exact) mass is 251 g/mol. The minimum absolute atomic E-state index is 0.124. The van der Waals surface area contributed by atoms with Crippen molar-refractivity contribution in [1.29, 1.82) is 0 Å². The summed E-state index contributed by atoms with van der Waals surface area (Å²) in [4.78, 5) is 8.90. The van der Waals surface area contributed by atoms with Gasteiger partial charge in [0.1, 0.15) is 5.60 Å². The molecule has 0 aliphatic carbocycles. The molecule has 0 amide bonds. The summed E-state index contributed by atoms with van der Waals surface area (Å²) in [5.74, 6) is 0.752. The molecule has 0 spiro atoms. The van der Waals surface area contributed by atoms with Crippen LogP contribution in [0.3, 0.4) is 0 Å². The summed E-state index contributed by atoms with van der Waals surface area (Å²) >= 11 is 0. The first-order chi connectivity index (χ1) is 8.66. The molecule has 0 radical (unpaired) electrons. The van der Waals surface area contributed by atoms with Gasteiger partial charge >= 0.3 is 0 Å². The minimum atomic E-state index is -0.384. The number of ether oxygens (including phenoxy) is 2. The average molecular weight is 251 g/mol. The van der Waals surface area contributed by atoms with E-state index in [4.69, 9.17) is 15.2 Å². The van der Waals surface area contributed by atoms with E-state index in [-0.39, 0.29) is 11.6 Å². The molecule has 0 bridgehead atoms. The molecule has 100 valence electrons. The van der Waals surface area contributed by atoms with E-state index in [9.17, 15) is 0 Å². The van der Waals surface area contributed by atoms with Crippen LogP contribution in [-0.2, 0) is 21.5 Å². The summed E-state index contributed by atoms with van der Waals surface area (Å²) in [6, 6.07) is 0.124. The lowest BCUT2D eigenvalue weighted by Crippen LogP contribution is -2.37. The van der Waals surface area contributed by atoms with Crippen LogP contribution in [0.5, 0.6) is 0 Å². The maximum absolute atomic E-state index is 5.76. The molecule has 2 heterocycles. The van der Waals surface area contributed by atoms with E-state index < -0.39 is 0 Å². The predicted octanol–water partition coefficient (Wildman–Crippen LogP) is 1.02. The SMILES string of the molecule is COC1(c2ncc(CC(C)N)cn2)CCOCC1. The second-order valence-electron chi connectivity index (χ2n) is 4.91. The van der Waals surface area contributed by atoms with E-state index in [0.29, 0.717) is 13.2 Å². The molecular weight excluding hydrogens is 230 g/mol. The van der Waals surface area contributed by atoms with Crippen LogP contribution in [0, 0.1) is 0 Å². The Hall–Kier alpha value is -1.04. The van der Waals surface area contributed by atoms with E-state index in [1.165, 1.54) is 0 Å². The molecule has 1 aliphatic rings. The van der Waals surface area contributed by atoms with Gasteiger partial charge in [0.15, 0.2) is 5.82 Å². The quantitative estimate of drug-likeness (QED) is 0.865. The van der Waals surface area contributed by atoms with Gasteiger partial charge in [-0.15, -0.1) is 0 Å². The van der Waals surface area contributed by atoms with Gasteiger partial charge in [0.05, 0.1) is 0 Å². The Morgan fingerprint density at radius 1 is 1.39 bits per heavy atom. The van der Waals surface area contributed by atoms with Gasteiger partial charge in [0.25, 0.3) is 0 Å². The number of methoxy groups -OCH3 is 1. The molecule has 0 saturated carbocycles. The third-order valence-electron chi connectivity index (χ3n) is 3.36. The van der Waals surface area contributed by atoms with Crippen molar-refractivity contribution in [3.05, 3.63) is 23.8 Å². The number of nitrogens with zero attached hydrogens (tertiary/aromatic N) is 2. The van der Waals surface area contributed by atoms with Gasteiger partial charge in [0, 0.05) is 51.6 Å². The molecule has 5 nitrogen and oxygen atoms in total. The smallest absolute Gasteiger partial charge is 0.160 e. The van der Waals surface area contributed by atoms with Crippen LogP contribution in [0.1, 0.15) is 31.2 Å². The van der Waals surface area contributed by atoms with Crippen LogP contribution >= 0.6 is 0 Å². The summed E-state index contributed by atoms with van der Waals surface area (Å²) in [7, 11) is 1.71. The van der Waals surface area contributed by atoms with E-state index in [1.807, 2.05) is 19.3 Å². The van der Waals surface area contributed by atoms with Gasteiger partial charge in [-0.25, -0.2) is 9.97 Å². The fourth-order valence-electron chi connectivity index (χ4n) is 2.29. The van der Waals surface area contributed by atoms with Gasteiger partial charge in [-0.05, 0) is 18.9 Å². The number of nitrogens with two attached hydrogens (primary N) is 1. The normalized spacial score (nSPS) is 20.6. The second kappa shape index (κ2) is 5.73. The molecule has 1 saturated heterocycles. The molecule has 18 heavy (non-hydrogen) atoms. The zero-order valence-corrected chi connectivity index (χ0v) is 11.1. The highest BCUT2D eigenvalue weighted by molar-refractivity contribution is 5.11. The Morgan fingerprint density at radius 2 is 2.00 bits per heavy atom. The van der Waals surface area contributed by atoms with Crippen molar-refractivity contribution < 1.29 is 9.47 Å². The van der Waals surface area contributed by atoms with E-state index in [2.05, 4.69) is 9.97 Å². The van der Waals surface area contributed by atoms with E-state index in [1.54, 1.807) is 7.11 Å². The Kier molecular flexibility index (Phi) is 4.27. The van der Waals surface area contributed by atoms with Crippen molar-refractivity contribution in [3.63, 3.8) is 0 Å². The van der Waals surface area contributed by atoms with E-state index >= 15 is 0 Å². The van der Waals surface area contributed by atoms with Crippen molar-refractivity contribution >= 4 is 0 Å². The molecule has 1 atom stereocenters. The number of aromatic nitrogens is 2. The lowest BCUT2D eigenvalue weighted by Gasteiger charge is -2.34. The minimum Gasteiger partial charge on any atom is -0.381 e. The third-order valence-corrected chi connectivity index (χ3v) is 3.36. The molecule has 5 heteroatoms. The molecule has 1 aliphatic heterocycles. The molecule has 1 aromatic rings. The van der Waals surface area contributed by atoms with Crippen molar-refractivity contribution in [2.45, 2.75) is 37.8 Å². The average Bonchev–Trinajstić information content (AvgIpc) is 2.39. The Balaban J connectivity index is 2.16. The number of rotatable bonds is 4. The van der Waals surface area contributed by atoms with Crippen molar-refractivity contribution in [2.24, 2.45) is 5.73 Å². The second-order valence-corrected chi connectivity index (χ2v) is 4.91. The number of hydrogen-bond acceptors (Lipinski definition) is 5. The van der Waals surface area contributed by atoms with Crippen LogP contribution in [0.15, 0.2) is 12.4 Å². The van der Waals surface area contributed by atoms with Crippen LogP contribution in [0.2, 0.25) is 0 Å². The summed E-state index contributed by atoms with van der Waals surface area (Å²) in [6.07, 6.45) is 6.10. The molecule has 1 unspecified atom stereocenters. The molecule has 1 fully saturated rings. The summed E-state index contributed by atoms with van der Waals surface area (Å²) < 4.78 is 11.0. The van der Waals surface area contributed by atoms with Crippen LogP contribution < -0.4 is 5.73 Å². The van der Waals surface area contributed by atoms with Crippen LogP contribution in [0.4, 0.5) is 0 Å². The Bertz CT molecular complexity index is 372. The van der Waals surface area contributed by atoms with Crippen molar-refractivity contribution in [3.8, 4) is 0 Å². The maximum Gasteiger partial charge on any atom is 0.160 e. The fraction of sp³-hybridized carbons (Fsp3) is 0.692. The summed E-state index contributed by atoms with van der Waals surface area (Å²) in [5, 5.41) is 0. The van der Waals surface area contributed by atoms with Crippen LogP contribution in [-0.4, -0.2) is 36.3 Å². The lowest BCUT2D eigenvalue weighted by molar-refractivity contribution is -0.1000. The molecule has 0 aromatic carbocycles. The Morgan fingerprint density at radius 3 is 2.50 bits per heavy atom. The predicted molar refractivity (Wildman–Crippen MR) is 68.1 cm³/mol. The molecule has 2 N–H and O–H groups in total. The Labute approximate surface area is 108 Å². The topological polar surface area (TPSA) is 70.3 Å². The zero-order valence-electron chi connectivity index (χ0n) is 11.1. The van der Waals surface area contributed by atoms with Crippen molar-refractivity contribution in [1.82, 2.24) is 9.97 Å². The van der Waals surface area contributed by atoms with Crippen LogP contribution in [0.25, 0.3) is 0 Å². The highest BCUT2D eigenvalue weighted by Crippen LogP contribution is 2.32. The summed E-state index contributed by atoms with van der Waals surface area (Å²) in [6.45, 7) is 3.36. The molecular formula is C13H21N3O2. The number of hydrogen-bond donors (Lipinski definition) is 1. The van der Waals surface area contributed by atoms with Gasteiger partial charge < -0.3 is 15.2 Å². The largest absolute Gasteiger partial charge is 0.381 e. The van der Waals surface area contributed by atoms with Gasteiger partial charge in [-0.3, -0.25) is 0 Å². The van der Waals surface area contributed by atoms with Gasteiger partial charge in [-0.2, -0.15) is 0 Å². The third kappa shape index (κ3) is 2.85. The first-order valence-corrected chi connectivity index (χ1v) is 6.36. The first kappa shape index (κ1) is 13.4. The fourth-order valence-corrected chi connectivity index (χ4v) is 2.29. The zero-order chi connectivity index (χ0) is 13.0. The highest BCUT2D eigenvalue weighted by atomic mass is 16.5. The summed E-state index contributed by atoms with van der Waals surface area (Å²) in [5.41, 5.74) is 6.44. The molecule has 2 rings (SSSR count).